The van der Waals surface area contributed by atoms with Crippen LogP contribution in [0.3, 0.4) is 0 Å². The van der Waals surface area contributed by atoms with Crippen LogP contribution in [-0.4, -0.2) is 19.3 Å². The van der Waals surface area contributed by atoms with Crippen LogP contribution in [0.15, 0.2) is 53.4 Å². The van der Waals surface area contributed by atoms with Crippen molar-refractivity contribution in [1.29, 1.82) is 0 Å². The van der Waals surface area contributed by atoms with Gasteiger partial charge >= 0.3 is 0 Å². The molecule has 0 atom stereocenters. The van der Waals surface area contributed by atoms with Crippen LogP contribution >= 0.6 is 0 Å². The largest absolute Gasteiger partial charge is 0.273 e. The van der Waals surface area contributed by atoms with E-state index in [0.29, 0.717) is 11.4 Å². The van der Waals surface area contributed by atoms with Gasteiger partial charge in [0.15, 0.2) is 0 Å². The minimum absolute atomic E-state index is 0.0435. The monoisotopic (exact) mass is 338 g/mol. The Bertz CT molecular complexity index is 1120. The summed E-state index contributed by atoms with van der Waals surface area (Å²) in [5.74, 6) is -0.533. The number of fused-ring (bicyclic) bond motifs is 2. The minimum Gasteiger partial charge on any atom is -0.268 e. The number of pyridine rings is 1. The number of benzene rings is 2. The summed E-state index contributed by atoms with van der Waals surface area (Å²) < 4.78 is 26.7. The van der Waals surface area contributed by atoms with Gasteiger partial charge in [-0.25, -0.2) is 8.42 Å². The SMILES string of the molecule is Cc1nc2ccccc2c(C)c1N1C(=O)c2ccccc2S1(=O)=O. The lowest BCUT2D eigenvalue weighted by atomic mass is 10.1. The Hall–Kier alpha value is -2.73. The summed E-state index contributed by atoms with van der Waals surface area (Å²) in [6, 6.07) is 13.8. The lowest BCUT2D eigenvalue weighted by Crippen LogP contribution is -2.31. The maximum absolute atomic E-state index is 12.9. The van der Waals surface area contributed by atoms with Crippen molar-refractivity contribution in [2.24, 2.45) is 0 Å². The van der Waals surface area contributed by atoms with E-state index in [2.05, 4.69) is 4.98 Å². The summed E-state index contributed by atoms with van der Waals surface area (Å²) in [7, 11) is -3.92. The van der Waals surface area contributed by atoms with Gasteiger partial charge < -0.3 is 0 Å². The molecule has 1 aliphatic rings. The molecule has 0 spiro atoms. The van der Waals surface area contributed by atoms with Gasteiger partial charge in [0.05, 0.1) is 22.5 Å². The molecule has 24 heavy (non-hydrogen) atoms. The number of para-hydroxylation sites is 1. The van der Waals surface area contributed by atoms with Gasteiger partial charge in [-0.15, -0.1) is 0 Å². The van der Waals surface area contributed by atoms with Crippen LogP contribution < -0.4 is 4.31 Å². The molecule has 0 bridgehead atoms. The summed E-state index contributed by atoms with van der Waals surface area (Å²) in [5.41, 5.74) is 2.55. The van der Waals surface area contributed by atoms with Crippen molar-refractivity contribution in [1.82, 2.24) is 4.98 Å². The van der Waals surface area contributed by atoms with Gasteiger partial charge in [-0.05, 0) is 37.6 Å². The fourth-order valence-electron chi connectivity index (χ4n) is 3.23. The van der Waals surface area contributed by atoms with Crippen molar-refractivity contribution in [3.63, 3.8) is 0 Å². The summed E-state index contributed by atoms with van der Waals surface area (Å²) in [6.45, 7) is 3.54. The van der Waals surface area contributed by atoms with Crippen molar-refractivity contribution in [2.75, 3.05) is 4.31 Å². The maximum Gasteiger partial charge on any atom is 0.273 e. The van der Waals surface area contributed by atoms with Crippen LogP contribution in [0.4, 0.5) is 5.69 Å². The standard InChI is InChI=1S/C18H14N2O3S/c1-11-13-7-3-5-9-15(13)19-12(2)17(11)20-18(21)14-8-4-6-10-16(14)24(20,22)23/h3-10H,1-2H3. The van der Waals surface area contributed by atoms with E-state index in [4.69, 9.17) is 0 Å². The molecule has 0 aliphatic carbocycles. The molecule has 2 aromatic carbocycles. The van der Waals surface area contributed by atoms with Crippen LogP contribution in [0.25, 0.3) is 10.9 Å². The number of sulfonamides is 1. The first-order valence-corrected chi connectivity index (χ1v) is 8.91. The van der Waals surface area contributed by atoms with Crippen molar-refractivity contribution < 1.29 is 13.2 Å². The highest BCUT2D eigenvalue weighted by Gasteiger charge is 2.43. The van der Waals surface area contributed by atoms with Crippen molar-refractivity contribution in [2.45, 2.75) is 18.7 Å². The Labute approximate surface area is 139 Å². The second-order valence-electron chi connectivity index (χ2n) is 5.76. The average molecular weight is 338 g/mol. The molecule has 0 saturated carbocycles. The van der Waals surface area contributed by atoms with Gasteiger partial charge in [-0.1, -0.05) is 30.3 Å². The normalized spacial score (nSPS) is 15.8. The highest BCUT2D eigenvalue weighted by molar-refractivity contribution is 7.94. The Morgan fingerprint density at radius 1 is 0.958 bits per heavy atom. The molecule has 6 heteroatoms. The number of hydrogen-bond acceptors (Lipinski definition) is 4. The molecule has 120 valence electrons. The van der Waals surface area contributed by atoms with Crippen LogP contribution in [0.5, 0.6) is 0 Å². The maximum atomic E-state index is 12.9. The molecule has 2 heterocycles. The molecule has 0 unspecified atom stereocenters. The zero-order chi connectivity index (χ0) is 17.1. The van der Waals surface area contributed by atoms with Crippen molar-refractivity contribution in [3.05, 3.63) is 65.4 Å². The number of nitrogens with zero attached hydrogens (tertiary/aromatic N) is 2. The van der Waals surface area contributed by atoms with E-state index in [-0.39, 0.29) is 10.5 Å². The Balaban J connectivity index is 2.05. The molecule has 3 aromatic rings. The molecular formula is C18H14N2O3S. The lowest BCUT2D eigenvalue weighted by Gasteiger charge is -2.20. The van der Waals surface area contributed by atoms with Crippen LogP contribution in [0.1, 0.15) is 21.6 Å². The second-order valence-corrected chi connectivity index (χ2v) is 7.51. The summed E-state index contributed by atoms with van der Waals surface area (Å²) in [5, 5.41) is 0.831. The zero-order valence-corrected chi connectivity index (χ0v) is 14.0. The number of anilines is 1. The molecule has 1 aromatic heterocycles. The smallest absolute Gasteiger partial charge is 0.268 e. The fraction of sp³-hybridized carbons (Fsp3) is 0.111. The van der Waals surface area contributed by atoms with Gasteiger partial charge in [0.1, 0.15) is 4.90 Å². The molecule has 0 saturated heterocycles. The first-order valence-electron chi connectivity index (χ1n) is 7.47. The quantitative estimate of drug-likeness (QED) is 0.683. The van der Waals surface area contributed by atoms with Crippen LogP contribution in [0.2, 0.25) is 0 Å². The van der Waals surface area contributed by atoms with E-state index in [0.717, 1.165) is 20.8 Å². The lowest BCUT2D eigenvalue weighted by molar-refractivity contribution is 0.101. The minimum atomic E-state index is -3.92. The molecule has 0 fully saturated rings. The topological polar surface area (TPSA) is 67.3 Å². The number of aromatic nitrogens is 1. The number of hydrogen-bond donors (Lipinski definition) is 0. The van der Waals surface area contributed by atoms with E-state index in [9.17, 15) is 13.2 Å². The zero-order valence-electron chi connectivity index (χ0n) is 13.1. The summed E-state index contributed by atoms with van der Waals surface area (Å²) in [4.78, 5) is 17.3. The van der Waals surface area contributed by atoms with Crippen LogP contribution in [-0.2, 0) is 10.0 Å². The molecule has 0 N–H and O–H groups in total. The van der Waals surface area contributed by atoms with Crippen molar-refractivity contribution >= 4 is 32.5 Å². The summed E-state index contributed by atoms with van der Waals surface area (Å²) >= 11 is 0. The van der Waals surface area contributed by atoms with Crippen LogP contribution in [0, 0.1) is 13.8 Å². The third kappa shape index (κ3) is 1.83. The summed E-state index contributed by atoms with van der Waals surface area (Å²) in [6.07, 6.45) is 0. The van der Waals surface area contributed by atoms with Gasteiger partial charge in [0, 0.05) is 5.39 Å². The molecule has 5 nitrogen and oxygen atoms in total. The first kappa shape index (κ1) is 14.8. The average Bonchev–Trinajstić information content (AvgIpc) is 2.76. The first-order chi connectivity index (χ1) is 11.4. The van der Waals surface area contributed by atoms with Gasteiger partial charge in [-0.2, -0.15) is 4.31 Å². The predicted molar refractivity (Wildman–Crippen MR) is 91.7 cm³/mol. The Morgan fingerprint density at radius 3 is 2.38 bits per heavy atom. The highest BCUT2D eigenvalue weighted by atomic mass is 32.2. The molecule has 1 amide bonds. The Kier molecular flexibility index (Phi) is 3.02. The molecular weight excluding hydrogens is 324 g/mol. The van der Waals surface area contributed by atoms with Gasteiger partial charge in [0.25, 0.3) is 15.9 Å². The number of rotatable bonds is 1. The van der Waals surface area contributed by atoms with E-state index in [1.807, 2.05) is 31.2 Å². The number of carbonyl (C=O) groups excluding carboxylic acids is 1. The Morgan fingerprint density at radius 2 is 1.62 bits per heavy atom. The predicted octanol–water partition coefficient (Wildman–Crippen LogP) is 3.20. The van der Waals surface area contributed by atoms with E-state index >= 15 is 0 Å². The fourth-order valence-corrected chi connectivity index (χ4v) is 4.93. The molecule has 0 radical (unpaired) electrons. The third-order valence-electron chi connectivity index (χ3n) is 4.32. The molecule has 4 rings (SSSR count). The van der Waals surface area contributed by atoms with E-state index in [1.54, 1.807) is 19.1 Å². The van der Waals surface area contributed by atoms with Gasteiger partial charge in [0.2, 0.25) is 0 Å². The van der Waals surface area contributed by atoms with E-state index < -0.39 is 15.9 Å². The number of amides is 1. The van der Waals surface area contributed by atoms with Gasteiger partial charge in [-0.3, -0.25) is 9.78 Å². The molecule has 1 aliphatic heterocycles. The number of aryl methyl sites for hydroxylation is 2. The van der Waals surface area contributed by atoms with Crippen molar-refractivity contribution in [3.8, 4) is 0 Å². The second kappa shape index (κ2) is 4.88. The third-order valence-corrected chi connectivity index (χ3v) is 6.06. The highest BCUT2D eigenvalue weighted by Crippen LogP contribution is 2.39. The number of carbonyl (C=O) groups is 1. The van der Waals surface area contributed by atoms with E-state index in [1.165, 1.54) is 12.1 Å².